The summed E-state index contributed by atoms with van der Waals surface area (Å²) in [6.07, 6.45) is 0. The van der Waals surface area contributed by atoms with Crippen LogP contribution >= 0.6 is 0 Å². The second-order valence-electron chi connectivity index (χ2n) is 2.41. The molecule has 0 fully saturated rings. The van der Waals surface area contributed by atoms with E-state index in [0.29, 0.717) is 5.56 Å². The van der Waals surface area contributed by atoms with Gasteiger partial charge >= 0.3 is 0 Å². The fourth-order valence-electron chi connectivity index (χ4n) is 0.888. The number of rotatable bonds is 1. The first-order chi connectivity index (χ1) is 5.77. The van der Waals surface area contributed by atoms with E-state index < -0.39 is 0 Å². The summed E-state index contributed by atoms with van der Waals surface area (Å²) >= 11 is 0. The molecule has 60 valence electrons. The van der Waals surface area contributed by atoms with Gasteiger partial charge in [-0.15, -0.1) is 0 Å². The molecule has 0 saturated carbocycles. The molecule has 0 radical (unpaired) electrons. The van der Waals surface area contributed by atoms with E-state index in [1.165, 1.54) is 0 Å². The predicted octanol–water partition coefficient (Wildman–Crippen LogP) is 1.24. The Morgan fingerprint density at radius 2 is 2.33 bits per heavy atom. The standard InChI is InChI=1S/C9H9N3/c1-7(12-11)9-4-2-3-8(5-9)6-10/h2-5H,11H2,1H3/b12-7+. The van der Waals surface area contributed by atoms with Crippen LogP contribution in [0.25, 0.3) is 0 Å². The van der Waals surface area contributed by atoms with Crippen LogP contribution < -0.4 is 5.84 Å². The molecule has 0 saturated heterocycles. The highest BCUT2D eigenvalue weighted by atomic mass is 15.1. The van der Waals surface area contributed by atoms with Crippen molar-refractivity contribution in [2.24, 2.45) is 10.9 Å². The number of hydrogen-bond donors (Lipinski definition) is 1. The molecule has 1 rings (SSSR count). The number of hydrogen-bond acceptors (Lipinski definition) is 3. The Hall–Kier alpha value is -1.82. The molecular weight excluding hydrogens is 150 g/mol. The molecule has 3 nitrogen and oxygen atoms in total. The van der Waals surface area contributed by atoms with Crippen LogP contribution in [0.3, 0.4) is 0 Å². The van der Waals surface area contributed by atoms with Crippen molar-refractivity contribution in [3.63, 3.8) is 0 Å². The minimum atomic E-state index is 0.621. The van der Waals surface area contributed by atoms with Crippen molar-refractivity contribution in [1.82, 2.24) is 0 Å². The molecule has 0 bridgehead atoms. The third-order valence-electron chi connectivity index (χ3n) is 1.60. The van der Waals surface area contributed by atoms with Crippen LogP contribution in [0.15, 0.2) is 29.4 Å². The Labute approximate surface area is 71.1 Å². The third-order valence-corrected chi connectivity index (χ3v) is 1.60. The lowest BCUT2D eigenvalue weighted by atomic mass is 10.1. The van der Waals surface area contributed by atoms with Gasteiger partial charge < -0.3 is 5.84 Å². The van der Waals surface area contributed by atoms with Crippen LogP contribution in [0, 0.1) is 11.3 Å². The lowest BCUT2D eigenvalue weighted by Gasteiger charge is -1.97. The molecule has 0 amide bonds. The smallest absolute Gasteiger partial charge is 0.0991 e. The number of benzene rings is 1. The Morgan fingerprint density at radius 3 is 2.92 bits per heavy atom. The van der Waals surface area contributed by atoms with Crippen molar-refractivity contribution < 1.29 is 0 Å². The van der Waals surface area contributed by atoms with Crippen LogP contribution in [0.4, 0.5) is 0 Å². The van der Waals surface area contributed by atoms with Crippen molar-refractivity contribution in [2.75, 3.05) is 0 Å². The molecule has 0 atom stereocenters. The Morgan fingerprint density at radius 1 is 1.58 bits per heavy atom. The van der Waals surface area contributed by atoms with Gasteiger partial charge in [0.2, 0.25) is 0 Å². The maximum absolute atomic E-state index is 8.60. The first-order valence-corrected chi connectivity index (χ1v) is 3.53. The molecule has 2 N–H and O–H groups in total. The van der Waals surface area contributed by atoms with Gasteiger partial charge in [-0.25, -0.2) is 0 Å². The van der Waals surface area contributed by atoms with Gasteiger partial charge in [-0.1, -0.05) is 12.1 Å². The molecule has 0 aliphatic carbocycles. The van der Waals surface area contributed by atoms with Gasteiger partial charge in [0.25, 0.3) is 0 Å². The largest absolute Gasteiger partial charge is 0.323 e. The minimum Gasteiger partial charge on any atom is -0.323 e. The monoisotopic (exact) mass is 159 g/mol. The molecule has 0 aromatic heterocycles. The molecule has 3 heteroatoms. The normalized spacial score (nSPS) is 10.8. The maximum atomic E-state index is 8.60. The van der Waals surface area contributed by atoms with Crippen molar-refractivity contribution in [2.45, 2.75) is 6.92 Å². The highest BCUT2D eigenvalue weighted by Gasteiger charge is 1.97. The van der Waals surface area contributed by atoms with Crippen LogP contribution in [0.5, 0.6) is 0 Å². The first kappa shape index (κ1) is 8.28. The van der Waals surface area contributed by atoms with E-state index >= 15 is 0 Å². The summed E-state index contributed by atoms with van der Waals surface area (Å²) < 4.78 is 0. The molecule has 0 aliphatic heterocycles. The van der Waals surface area contributed by atoms with Gasteiger partial charge in [-0.3, -0.25) is 0 Å². The van der Waals surface area contributed by atoms with E-state index in [2.05, 4.69) is 11.2 Å². The summed E-state index contributed by atoms with van der Waals surface area (Å²) in [5.41, 5.74) is 2.24. The molecule has 1 aromatic carbocycles. The van der Waals surface area contributed by atoms with Crippen LogP contribution in [-0.4, -0.2) is 5.71 Å². The highest BCUT2D eigenvalue weighted by molar-refractivity contribution is 5.98. The predicted molar refractivity (Wildman–Crippen MR) is 47.6 cm³/mol. The fourth-order valence-corrected chi connectivity index (χ4v) is 0.888. The molecule has 1 aromatic rings. The second kappa shape index (κ2) is 3.54. The SMILES string of the molecule is C/C(=N\N)c1cccc(C#N)c1. The average Bonchev–Trinajstić information content (AvgIpc) is 2.17. The quantitative estimate of drug-likeness (QED) is 0.380. The zero-order valence-electron chi connectivity index (χ0n) is 6.78. The topological polar surface area (TPSA) is 62.2 Å². The van der Waals surface area contributed by atoms with Crippen molar-refractivity contribution in [1.29, 1.82) is 5.26 Å². The third kappa shape index (κ3) is 1.61. The van der Waals surface area contributed by atoms with Gasteiger partial charge in [0.15, 0.2) is 0 Å². The minimum absolute atomic E-state index is 0.621. The van der Waals surface area contributed by atoms with Crippen LogP contribution in [0.1, 0.15) is 18.1 Å². The molecule has 0 heterocycles. The Balaban J connectivity index is 3.12. The van der Waals surface area contributed by atoms with E-state index in [-0.39, 0.29) is 0 Å². The summed E-state index contributed by atoms with van der Waals surface area (Å²) in [6.45, 7) is 1.80. The number of nitrogens with zero attached hydrogens (tertiary/aromatic N) is 2. The van der Waals surface area contributed by atoms with E-state index in [9.17, 15) is 0 Å². The molecule has 12 heavy (non-hydrogen) atoms. The van der Waals surface area contributed by atoms with E-state index in [0.717, 1.165) is 11.3 Å². The summed E-state index contributed by atoms with van der Waals surface area (Å²) in [5.74, 6) is 5.10. The van der Waals surface area contributed by atoms with Crippen molar-refractivity contribution in [3.8, 4) is 6.07 Å². The highest BCUT2D eigenvalue weighted by Crippen LogP contribution is 2.04. The number of nitriles is 1. The van der Waals surface area contributed by atoms with Gasteiger partial charge in [0, 0.05) is 0 Å². The lowest BCUT2D eigenvalue weighted by Crippen LogP contribution is -1.98. The average molecular weight is 159 g/mol. The fraction of sp³-hybridized carbons (Fsp3) is 0.111. The summed E-state index contributed by atoms with van der Waals surface area (Å²) in [7, 11) is 0. The zero-order valence-corrected chi connectivity index (χ0v) is 6.78. The number of nitrogens with two attached hydrogens (primary N) is 1. The van der Waals surface area contributed by atoms with Gasteiger partial charge in [0.1, 0.15) is 0 Å². The molecular formula is C9H9N3. The van der Waals surface area contributed by atoms with E-state index in [4.69, 9.17) is 11.1 Å². The van der Waals surface area contributed by atoms with Crippen LogP contribution in [-0.2, 0) is 0 Å². The van der Waals surface area contributed by atoms with Gasteiger partial charge in [0.05, 0.1) is 17.3 Å². The molecule has 0 unspecified atom stereocenters. The number of hydrazone groups is 1. The summed E-state index contributed by atoms with van der Waals surface area (Å²) in [4.78, 5) is 0. The first-order valence-electron chi connectivity index (χ1n) is 3.53. The van der Waals surface area contributed by atoms with Crippen molar-refractivity contribution in [3.05, 3.63) is 35.4 Å². The Kier molecular flexibility index (Phi) is 2.44. The second-order valence-corrected chi connectivity index (χ2v) is 2.41. The summed E-state index contributed by atoms with van der Waals surface area (Å²) in [5, 5.41) is 12.1. The lowest BCUT2D eigenvalue weighted by molar-refractivity contribution is 1.24. The van der Waals surface area contributed by atoms with Crippen LogP contribution in [0.2, 0.25) is 0 Å². The zero-order chi connectivity index (χ0) is 8.97. The van der Waals surface area contributed by atoms with Crippen molar-refractivity contribution >= 4 is 5.71 Å². The Bertz CT molecular complexity index is 347. The summed E-state index contributed by atoms with van der Waals surface area (Å²) in [6, 6.07) is 9.23. The van der Waals surface area contributed by atoms with Gasteiger partial charge in [-0.2, -0.15) is 10.4 Å². The molecule has 0 spiro atoms. The maximum Gasteiger partial charge on any atom is 0.0991 e. The van der Waals surface area contributed by atoms with Gasteiger partial charge in [-0.05, 0) is 24.6 Å². The van der Waals surface area contributed by atoms with E-state index in [1.807, 2.05) is 12.1 Å². The molecule has 0 aliphatic rings. The van der Waals surface area contributed by atoms with E-state index in [1.54, 1.807) is 19.1 Å².